The maximum absolute atomic E-state index is 11.9. The molecule has 1 saturated heterocycles. The lowest BCUT2D eigenvalue weighted by Gasteiger charge is -2.31. The van der Waals surface area contributed by atoms with Crippen LogP contribution < -0.4 is 4.74 Å². The van der Waals surface area contributed by atoms with Gasteiger partial charge in [-0.2, -0.15) is 0 Å². The summed E-state index contributed by atoms with van der Waals surface area (Å²) in [6.45, 7) is 3.29. The second kappa shape index (κ2) is 7.64. The molecule has 0 bridgehead atoms. The molecule has 0 spiro atoms. The van der Waals surface area contributed by atoms with Gasteiger partial charge in [0.15, 0.2) is 6.61 Å². The summed E-state index contributed by atoms with van der Waals surface area (Å²) in [5.41, 5.74) is 0.892. The maximum Gasteiger partial charge on any atom is 0.263 e. The van der Waals surface area contributed by atoms with E-state index in [4.69, 9.17) is 9.57 Å². The maximum atomic E-state index is 11.9. The molecule has 1 aromatic carbocycles. The fourth-order valence-corrected chi connectivity index (χ4v) is 2.03. The number of oxime groups is 1. The Kier molecular flexibility index (Phi) is 5.57. The number of hydrogen-bond acceptors (Lipinski definition) is 5. The van der Waals surface area contributed by atoms with Crippen LogP contribution in [-0.2, 0) is 9.63 Å². The van der Waals surface area contributed by atoms with Gasteiger partial charge in [-0.3, -0.25) is 4.79 Å². The molecule has 0 aliphatic carbocycles. The van der Waals surface area contributed by atoms with Gasteiger partial charge >= 0.3 is 0 Å². The van der Waals surface area contributed by atoms with Gasteiger partial charge in [-0.25, -0.2) is 0 Å². The third-order valence-corrected chi connectivity index (χ3v) is 3.44. The van der Waals surface area contributed by atoms with Crippen LogP contribution in [0.1, 0.15) is 5.56 Å². The summed E-state index contributed by atoms with van der Waals surface area (Å²) in [7, 11) is 3.67. The molecule has 1 heterocycles. The number of methoxy groups -OCH3 is 1. The number of nitrogens with zero attached hydrogens (tertiary/aromatic N) is 3. The minimum atomic E-state index is -0.0185. The topological polar surface area (TPSA) is 54.4 Å². The zero-order chi connectivity index (χ0) is 15.1. The number of ether oxygens (including phenoxy) is 1. The molecule has 0 N–H and O–H groups in total. The quantitative estimate of drug-likeness (QED) is 0.595. The van der Waals surface area contributed by atoms with Crippen LogP contribution in [-0.4, -0.2) is 68.9 Å². The summed E-state index contributed by atoms with van der Waals surface area (Å²) in [4.78, 5) is 21.0. The summed E-state index contributed by atoms with van der Waals surface area (Å²) in [5.74, 6) is 0.772. The van der Waals surface area contributed by atoms with Crippen LogP contribution in [0.5, 0.6) is 5.75 Å². The number of amides is 1. The predicted octanol–water partition coefficient (Wildman–Crippen LogP) is 0.820. The van der Waals surface area contributed by atoms with Crippen molar-refractivity contribution in [1.29, 1.82) is 0 Å². The van der Waals surface area contributed by atoms with Gasteiger partial charge in [-0.15, -0.1) is 0 Å². The number of hydrogen-bond donors (Lipinski definition) is 0. The largest absolute Gasteiger partial charge is 0.497 e. The van der Waals surface area contributed by atoms with Crippen molar-refractivity contribution < 1.29 is 14.4 Å². The molecule has 1 amide bonds. The molecular formula is C15H21N3O3. The van der Waals surface area contributed by atoms with Crippen LogP contribution in [0.25, 0.3) is 0 Å². The van der Waals surface area contributed by atoms with E-state index < -0.39 is 0 Å². The van der Waals surface area contributed by atoms with Crippen LogP contribution in [0, 0.1) is 0 Å². The fraction of sp³-hybridized carbons (Fsp3) is 0.467. The molecule has 0 radical (unpaired) electrons. The summed E-state index contributed by atoms with van der Waals surface area (Å²) < 4.78 is 5.07. The van der Waals surface area contributed by atoms with Gasteiger partial charge in [0.05, 0.1) is 13.3 Å². The normalized spacial score (nSPS) is 16.2. The number of benzene rings is 1. The number of likely N-dealkylation sites (N-methyl/N-ethyl adjacent to an activating group) is 1. The van der Waals surface area contributed by atoms with Crippen LogP contribution in [0.15, 0.2) is 29.4 Å². The molecule has 0 saturated carbocycles. The van der Waals surface area contributed by atoms with E-state index in [0.717, 1.165) is 37.5 Å². The molecule has 21 heavy (non-hydrogen) atoms. The average molecular weight is 291 g/mol. The van der Waals surface area contributed by atoms with Crippen molar-refractivity contribution in [2.45, 2.75) is 0 Å². The molecule has 6 heteroatoms. The second-order valence-corrected chi connectivity index (χ2v) is 4.97. The van der Waals surface area contributed by atoms with Crippen molar-refractivity contribution in [2.24, 2.45) is 5.16 Å². The van der Waals surface area contributed by atoms with Crippen molar-refractivity contribution in [3.8, 4) is 5.75 Å². The lowest BCUT2D eigenvalue weighted by atomic mass is 10.2. The van der Waals surface area contributed by atoms with Crippen LogP contribution >= 0.6 is 0 Å². The molecule has 2 rings (SSSR count). The number of rotatable bonds is 5. The molecule has 0 atom stereocenters. The Morgan fingerprint density at radius 1 is 1.24 bits per heavy atom. The number of piperazine rings is 1. The van der Waals surface area contributed by atoms with E-state index in [2.05, 4.69) is 17.1 Å². The zero-order valence-corrected chi connectivity index (χ0v) is 12.5. The Morgan fingerprint density at radius 3 is 2.52 bits per heavy atom. The summed E-state index contributed by atoms with van der Waals surface area (Å²) >= 11 is 0. The van der Waals surface area contributed by atoms with E-state index >= 15 is 0 Å². The standard InChI is InChI=1S/C15H21N3O3/c1-17-7-9-18(10-8-17)15(19)12-21-16-11-13-3-5-14(20-2)6-4-13/h3-6,11H,7-10,12H2,1-2H3. The van der Waals surface area contributed by atoms with E-state index in [9.17, 15) is 4.79 Å². The molecule has 6 nitrogen and oxygen atoms in total. The highest BCUT2D eigenvalue weighted by Crippen LogP contribution is 2.09. The first kappa shape index (κ1) is 15.3. The molecule has 0 aromatic heterocycles. The van der Waals surface area contributed by atoms with Crippen molar-refractivity contribution in [3.05, 3.63) is 29.8 Å². The minimum absolute atomic E-state index is 0.0175. The second-order valence-electron chi connectivity index (χ2n) is 4.97. The van der Waals surface area contributed by atoms with E-state index in [1.807, 2.05) is 29.2 Å². The summed E-state index contributed by atoms with van der Waals surface area (Å²) in [5, 5.41) is 3.82. The van der Waals surface area contributed by atoms with E-state index in [1.54, 1.807) is 13.3 Å². The molecule has 1 aromatic rings. The Hall–Kier alpha value is -2.08. The highest BCUT2D eigenvalue weighted by Gasteiger charge is 2.18. The van der Waals surface area contributed by atoms with Gasteiger partial charge in [0.1, 0.15) is 5.75 Å². The van der Waals surface area contributed by atoms with Gasteiger partial charge in [-0.1, -0.05) is 5.16 Å². The molecule has 114 valence electrons. The van der Waals surface area contributed by atoms with Crippen LogP contribution in [0.3, 0.4) is 0 Å². The summed E-state index contributed by atoms with van der Waals surface area (Å²) in [6.07, 6.45) is 1.58. The average Bonchev–Trinajstić information content (AvgIpc) is 2.52. The minimum Gasteiger partial charge on any atom is -0.497 e. The van der Waals surface area contributed by atoms with Gasteiger partial charge in [-0.05, 0) is 36.9 Å². The summed E-state index contributed by atoms with van der Waals surface area (Å²) in [6, 6.07) is 7.43. The Balaban J connectivity index is 1.72. The highest BCUT2D eigenvalue weighted by molar-refractivity contribution is 5.80. The first-order valence-corrected chi connectivity index (χ1v) is 6.95. The first-order chi connectivity index (χ1) is 10.2. The lowest BCUT2D eigenvalue weighted by Crippen LogP contribution is -2.48. The molecular weight excluding hydrogens is 270 g/mol. The van der Waals surface area contributed by atoms with Gasteiger partial charge in [0, 0.05) is 26.2 Å². The van der Waals surface area contributed by atoms with Crippen molar-refractivity contribution in [3.63, 3.8) is 0 Å². The lowest BCUT2D eigenvalue weighted by molar-refractivity contribution is -0.137. The van der Waals surface area contributed by atoms with Gasteiger partial charge in [0.2, 0.25) is 0 Å². The van der Waals surface area contributed by atoms with Crippen molar-refractivity contribution in [1.82, 2.24) is 9.80 Å². The third kappa shape index (κ3) is 4.75. The predicted molar refractivity (Wildman–Crippen MR) is 80.6 cm³/mol. The SMILES string of the molecule is COc1ccc(C=NOCC(=O)N2CCN(C)CC2)cc1. The highest BCUT2D eigenvalue weighted by atomic mass is 16.6. The van der Waals surface area contributed by atoms with Crippen molar-refractivity contribution in [2.75, 3.05) is 46.9 Å². The third-order valence-electron chi connectivity index (χ3n) is 3.44. The van der Waals surface area contributed by atoms with Crippen LogP contribution in [0.4, 0.5) is 0 Å². The van der Waals surface area contributed by atoms with E-state index in [0.29, 0.717) is 0 Å². The number of carbonyl (C=O) groups excluding carboxylic acids is 1. The van der Waals surface area contributed by atoms with Crippen LogP contribution in [0.2, 0.25) is 0 Å². The molecule has 0 unspecified atom stereocenters. The Bertz CT molecular complexity index is 479. The molecule has 1 aliphatic heterocycles. The Morgan fingerprint density at radius 2 is 1.90 bits per heavy atom. The number of carbonyl (C=O) groups is 1. The zero-order valence-electron chi connectivity index (χ0n) is 12.5. The molecule has 1 fully saturated rings. The first-order valence-electron chi connectivity index (χ1n) is 6.95. The smallest absolute Gasteiger partial charge is 0.263 e. The Labute approximate surface area is 124 Å². The van der Waals surface area contributed by atoms with Crippen molar-refractivity contribution >= 4 is 12.1 Å². The van der Waals surface area contributed by atoms with Gasteiger partial charge in [0.25, 0.3) is 5.91 Å². The fourth-order valence-electron chi connectivity index (χ4n) is 2.03. The van der Waals surface area contributed by atoms with E-state index in [-0.39, 0.29) is 12.5 Å². The monoisotopic (exact) mass is 291 g/mol. The molecule has 1 aliphatic rings. The van der Waals surface area contributed by atoms with Gasteiger partial charge < -0.3 is 19.4 Å². The van der Waals surface area contributed by atoms with E-state index in [1.165, 1.54) is 0 Å².